The Morgan fingerprint density at radius 3 is 2.82 bits per heavy atom. The molecule has 0 radical (unpaired) electrons. The van der Waals surface area contributed by atoms with E-state index in [-0.39, 0.29) is 11.2 Å². The normalized spacial score (nSPS) is 11.3. The molecule has 0 amide bonds. The molecule has 7 nitrogen and oxygen atoms in total. The maximum atomic E-state index is 14.1. The summed E-state index contributed by atoms with van der Waals surface area (Å²) in [7, 11) is 0. The minimum atomic E-state index is -0.474. The molecule has 3 heterocycles. The lowest BCUT2D eigenvalue weighted by atomic mass is 9.94. The number of nitriles is 1. The SMILES string of the molecule is N#Cc1cc2c(-c3ccc(F)c4[nH]ncc34)c(N)c(=O)[nH]c2c2cccnc12. The zero-order valence-electron chi connectivity index (χ0n) is 14.2. The molecule has 28 heavy (non-hydrogen) atoms. The van der Waals surface area contributed by atoms with Gasteiger partial charge >= 0.3 is 0 Å². The number of fused-ring (bicyclic) bond motifs is 4. The van der Waals surface area contributed by atoms with E-state index in [4.69, 9.17) is 5.73 Å². The van der Waals surface area contributed by atoms with Crippen molar-refractivity contribution in [3.8, 4) is 17.2 Å². The minimum absolute atomic E-state index is 0.0197. The molecule has 0 spiro atoms. The first-order valence-corrected chi connectivity index (χ1v) is 8.35. The number of pyridine rings is 2. The minimum Gasteiger partial charge on any atom is -0.394 e. The van der Waals surface area contributed by atoms with Gasteiger partial charge in [0.15, 0.2) is 0 Å². The lowest BCUT2D eigenvalue weighted by Crippen LogP contribution is -2.14. The van der Waals surface area contributed by atoms with Crippen LogP contribution in [0.3, 0.4) is 0 Å². The van der Waals surface area contributed by atoms with Crippen molar-refractivity contribution in [3.63, 3.8) is 0 Å². The maximum absolute atomic E-state index is 14.1. The van der Waals surface area contributed by atoms with Crippen molar-refractivity contribution in [2.24, 2.45) is 0 Å². The standard InChI is InChI=1S/C20H11FN6O/c21-14-4-3-10(13-8-25-27-19(13)14)15-12-6-9(7-22)17-11(2-1-5-24-17)18(12)26-20(28)16(15)23/h1-6,8H,23H2,(H,25,27)(H,26,28). The van der Waals surface area contributed by atoms with E-state index in [0.29, 0.717) is 43.9 Å². The van der Waals surface area contributed by atoms with Crippen LogP contribution in [-0.2, 0) is 0 Å². The third-order valence-corrected chi connectivity index (χ3v) is 4.87. The summed E-state index contributed by atoms with van der Waals surface area (Å²) < 4.78 is 14.1. The molecule has 0 saturated heterocycles. The van der Waals surface area contributed by atoms with Crippen LogP contribution in [0.2, 0.25) is 0 Å². The fourth-order valence-electron chi connectivity index (χ4n) is 3.62. The molecule has 0 fully saturated rings. The van der Waals surface area contributed by atoms with Gasteiger partial charge in [0, 0.05) is 27.9 Å². The first-order chi connectivity index (χ1) is 13.6. The molecule has 0 aliphatic rings. The Hall–Kier alpha value is -4.25. The molecule has 2 aromatic carbocycles. The summed E-state index contributed by atoms with van der Waals surface area (Å²) in [6.07, 6.45) is 3.06. The van der Waals surface area contributed by atoms with Crippen molar-refractivity contribution >= 4 is 38.4 Å². The number of benzene rings is 2. The smallest absolute Gasteiger partial charge is 0.272 e. The number of nitrogens with two attached hydrogens (primary N) is 1. The molecular formula is C20H11FN6O. The molecule has 0 aliphatic heterocycles. The van der Waals surface area contributed by atoms with E-state index in [9.17, 15) is 14.4 Å². The van der Waals surface area contributed by atoms with Gasteiger partial charge in [-0.25, -0.2) is 4.39 Å². The summed E-state index contributed by atoms with van der Waals surface area (Å²) in [5.41, 5.74) is 8.18. The fraction of sp³-hybridized carbons (Fsp3) is 0. The Kier molecular flexibility index (Phi) is 3.21. The average Bonchev–Trinajstić information content (AvgIpc) is 3.21. The Labute approximate surface area is 156 Å². The lowest BCUT2D eigenvalue weighted by Gasteiger charge is -2.13. The number of aromatic amines is 2. The zero-order valence-corrected chi connectivity index (χ0v) is 14.2. The van der Waals surface area contributed by atoms with Gasteiger partial charge in [-0.3, -0.25) is 14.9 Å². The van der Waals surface area contributed by atoms with Gasteiger partial charge in [-0.1, -0.05) is 6.07 Å². The second-order valence-electron chi connectivity index (χ2n) is 6.35. The van der Waals surface area contributed by atoms with Gasteiger partial charge in [-0.15, -0.1) is 0 Å². The Morgan fingerprint density at radius 2 is 2.00 bits per heavy atom. The summed E-state index contributed by atoms with van der Waals surface area (Å²) in [6.45, 7) is 0. The fourth-order valence-corrected chi connectivity index (χ4v) is 3.62. The summed E-state index contributed by atoms with van der Waals surface area (Å²) >= 11 is 0. The largest absolute Gasteiger partial charge is 0.394 e. The third-order valence-electron chi connectivity index (χ3n) is 4.87. The molecular weight excluding hydrogens is 359 g/mol. The number of anilines is 1. The van der Waals surface area contributed by atoms with Crippen molar-refractivity contribution in [2.45, 2.75) is 0 Å². The molecule has 5 rings (SSSR count). The Bertz CT molecular complexity index is 1530. The number of nitrogens with zero attached hydrogens (tertiary/aromatic N) is 3. The van der Waals surface area contributed by atoms with Gasteiger partial charge in [0.1, 0.15) is 23.1 Å². The number of rotatable bonds is 1. The highest BCUT2D eigenvalue weighted by molar-refractivity contribution is 6.15. The monoisotopic (exact) mass is 370 g/mol. The van der Waals surface area contributed by atoms with Crippen molar-refractivity contribution in [2.75, 3.05) is 5.73 Å². The molecule has 0 atom stereocenters. The molecule has 0 unspecified atom stereocenters. The number of nitrogen functional groups attached to an aromatic ring is 1. The molecule has 0 saturated carbocycles. The number of hydrogen-bond acceptors (Lipinski definition) is 5. The lowest BCUT2D eigenvalue weighted by molar-refractivity contribution is 0.636. The highest BCUT2D eigenvalue weighted by Gasteiger charge is 2.19. The van der Waals surface area contributed by atoms with Crippen molar-refractivity contribution in [1.82, 2.24) is 20.2 Å². The van der Waals surface area contributed by atoms with Crippen LogP contribution < -0.4 is 11.3 Å². The van der Waals surface area contributed by atoms with Crippen LogP contribution in [0.15, 0.2) is 47.5 Å². The predicted octanol–water partition coefficient (Wildman–Crippen LogP) is 3.21. The van der Waals surface area contributed by atoms with E-state index >= 15 is 0 Å². The van der Waals surface area contributed by atoms with Crippen molar-refractivity contribution < 1.29 is 4.39 Å². The van der Waals surface area contributed by atoms with E-state index in [1.54, 1.807) is 30.5 Å². The molecule has 3 aromatic heterocycles. The molecule has 0 aliphatic carbocycles. The number of aromatic nitrogens is 4. The summed E-state index contributed by atoms with van der Waals surface area (Å²) in [5.74, 6) is -0.462. The van der Waals surface area contributed by atoms with E-state index in [1.165, 1.54) is 12.3 Å². The van der Waals surface area contributed by atoms with E-state index in [2.05, 4.69) is 26.2 Å². The van der Waals surface area contributed by atoms with Gasteiger partial charge in [-0.2, -0.15) is 10.4 Å². The van der Waals surface area contributed by atoms with Crippen LogP contribution in [0, 0.1) is 17.1 Å². The summed E-state index contributed by atoms with van der Waals surface area (Å²) in [5, 5.41) is 17.8. The summed E-state index contributed by atoms with van der Waals surface area (Å²) in [6, 6.07) is 10.1. The first-order valence-electron chi connectivity index (χ1n) is 8.35. The van der Waals surface area contributed by atoms with Gasteiger partial charge in [-0.05, 0) is 29.8 Å². The second kappa shape index (κ2) is 5.62. The number of halogens is 1. The second-order valence-corrected chi connectivity index (χ2v) is 6.35. The van der Waals surface area contributed by atoms with E-state index < -0.39 is 11.4 Å². The highest BCUT2D eigenvalue weighted by Crippen LogP contribution is 2.38. The summed E-state index contributed by atoms with van der Waals surface area (Å²) in [4.78, 5) is 19.7. The van der Waals surface area contributed by atoms with Crippen LogP contribution in [0.25, 0.3) is 43.8 Å². The maximum Gasteiger partial charge on any atom is 0.272 e. The highest BCUT2D eigenvalue weighted by atomic mass is 19.1. The quantitative estimate of drug-likeness (QED) is 0.391. The Balaban J connectivity index is 2.05. The zero-order chi connectivity index (χ0) is 19.4. The molecule has 5 aromatic rings. The molecule has 4 N–H and O–H groups in total. The van der Waals surface area contributed by atoms with Crippen LogP contribution in [0.4, 0.5) is 10.1 Å². The first kappa shape index (κ1) is 16.0. The Morgan fingerprint density at radius 1 is 1.14 bits per heavy atom. The van der Waals surface area contributed by atoms with Crippen molar-refractivity contribution in [3.05, 3.63) is 64.5 Å². The molecule has 8 heteroatoms. The van der Waals surface area contributed by atoms with Crippen LogP contribution in [-0.4, -0.2) is 20.2 Å². The van der Waals surface area contributed by atoms with Crippen molar-refractivity contribution in [1.29, 1.82) is 5.26 Å². The number of hydrogen-bond donors (Lipinski definition) is 3. The van der Waals surface area contributed by atoms with E-state index in [1.807, 2.05) is 0 Å². The topological polar surface area (TPSA) is 124 Å². The molecule has 134 valence electrons. The average molecular weight is 370 g/mol. The number of H-pyrrole nitrogens is 2. The van der Waals surface area contributed by atoms with Gasteiger partial charge in [0.05, 0.1) is 22.8 Å². The van der Waals surface area contributed by atoms with Crippen LogP contribution in [0.1, 0.15) is 5.56 Å². The van der Waals surface area contributed by atoms with Gasteiger partial charge < -0.3 is 10.7 Å². The van der Waals surface area contributed by atoms with Crippen LogP contribution >= 0.6 is 0 Å². The van der Waals surface area contributed by atoms with Gasteiger partial charge in [0.25, 0.3) is 5.56 Å². The molecule has 0 bridgehead atoms. The third kappa shape index (κ3) is 2.04. The van der Waals surface area contributed by atoms with Crippen LogP contribution in [0.5, 0.6) is 0 Å². The predicted molar refractivity (Wildman–Crippen MR) is 104 cm³/mol. The van der Waals surface area contributed by atoms with Gasteiger partial charge in [0.2, 0.25) is 0 Å². The van der Waals surface area contributed by atoms with E-state index in [0.717, 1.165) is 0 Å². The number of nitrogens with one attached hydrogen (secondary N) is 2.